The molecule has 0 saturated carbocycles. The van der Waals surface area contributed by atoms with Crippen molar-refractivity contribution in [1.82, 2.24) is 8.75 Å². The lowest BCUT2D eigenvalue weighted by atomic mass is 9.73. The number of aromatic nitrogens is 2. The number of ketones is 2. The van der Waals surface area contributed by atoms with Crippen molar-refractivity contribution in [2.45, 2.75) is 19.3 Å². The number of rotatable bonds is 3. The van der Waals surface area contributed by atoms with Crippen LogP contribution < -0.4 is 4.90 Å². The van der Waals surface area contributed by atoms with Crippen LogP contribution in [-0.2, 0) is 5.41 Å². The molecule has 224 valence electrons. The van der Waals surface area contributed by atoms with Crippen molar-refractivity contribution < 1.29 is 9.59 Å². The summed E-state index contributed by atoms with van der Waals surface area (Å²) < 4.78 is 9.36. The first-order valence-electron chi connectivity index (χ1n) is 15.6. The summed E-state index contributed by atoms with van der Waals surface area (Å²) in [6.45, 7) is 4.56. The van der Waals surface area contributed by atoms with Crippen LogP contribution in [0.25, 0.3) is 39.0 Å². The minimum Gasteiger partial charge on any atom is -0.310 e. The van der Waals surface area contributed by atoms with Crippen LogP contribution in [0.1, 0.15) is 51.3 Å². The Labute approximate surface area is 275 Å². The van der Waals surface area contributed by atoms with Crippen LogP contribution in [0.5, 0.6) is 0 Å². The summed E-state index contributed by atoms with van der Waals surface area (Å²) >= 11 is 1.13. The van der Waals surface area contributed by atoms with Gasteiger partial charge in [0.2, 0.25) is 0 Å². The maximum Gasteiger partial charge on any atom is 0.197 e. The number of benzene rings is 6. The van der Waals surface area contributed by atoms with Gasteiger partial charge in [-0.1, -0.05) is 92.7 Å². The quantitative estimate of drug-likeness (QED) is 0.144. The van der Waals surface area contributed by atoms with Crippen LogP contribution in [0.2, 0.25) is 0 Å². The average Bonchev–Trinajstić information content (AvgIpc) is 3.68. The Hall–Kier alpha value is -5.72. The third-order valence-electron chi connectivity index (χ3n) is 9.67. The average molecular weight is 626 g/mol. The lowest BCUT2D eigenvalue weighted by Crippen LogP contribution is -2.30. The lowest BCUT2D eigenvalue weighted by molar-refractivity contribution is 0.0990. The summed E-state index contributed by atoms with van der Waals surface area (Å²) in [5, 5.41) is 1.88. The number of hydrogen-bond donors (Lipinski definition) is 0. The van der Waals surface area contributed by atoms with E-state index in [2.05, 4.69) is 89.9 Å². The number of hydrogen-bond acceptors (Lipinski definition) is 6. The second-order valence-electron chi connectivity index (χ2n) is 12.7. The molecule has 2 aliphatic rings. The summed E-state index contributed by atoms with van der Waals surface area (Å²) in [5.41, 5.74) is 10.8. The second-order valence-corrected chi connectivity index (χ2v) is 13.2. The summed E-state index contributed by atoms with van der Waals surface area (Å²) in [7, 11) is 0. The Morgan fingerprint density at radius 2 is 1.26 bits per heavy atom. The Kier molecular flexibility index (Phi) is 5.95. The van der Waals surface area contributed by atoms with Crippen molar-refractivity contribution in [1.29, 1.82) is 0 Å². The van der Waals surface area contributed by atoms with Crippen molar-refractivity contribution in [3.63, 3.8) is 0 Å². The van der Waals surface area contributed by atoms with Gasteiger partial charge in [0, 0.05) is 33.4 Å². The molecule has 0 saturated heterocycles. The molecule has 5 nitrogen and oxygen atoms in total. The van der Waals surface area contributed by atoms with Gasteiger partial charge in [0.25, 0.3) is 0 Å². The first-order chi connectivity index (χ1) is 22.9. The fraction of sp³-hybridized carbons (Fsp3) is 0.0732. The van der Waals surface area contributed by atoms with Crippen molar-refractivity contribution in [2.24, 2.45) is 0 Å². The molecule has 0 bridgehead atoms. The zero-order chi connectivity index (χ0) is 31.9. The standard InChI is InChI=1S/C41H27N3O2S/c1-41(2)33-14-8-9-15-35(33)44(28-12-4-3-5-13-28)36-19-17-26(23-34(36)41)29-18-16-27(37-38(29)43-47-42-37)22-32-39(45)30-20-24-10-6-7-11-25(24)21-31(30)40(32)46/h3-23H,1-2H3. The fourth-order valence-electron chi connectivity index (χ4n) is 7.26. The molecule has 0 radical (unpaired) electrons. The van der Waals surface area contributed by atoms with Gasteiger partial charge in [-0.05, 0) is 76.0 Å². The van der Waals surface area contributed by atoms with Crippen LogP contribution in [0.3, 0.4) is 0 Å². The molecular weight excluding hydrogens is 599 g/mol. The van der Waals surface area contributed by atoms with Gasteiger partial charge in [0.15, 0.2) is 11.6 Å². The Morgan fingerprint density at radius 3 is 2.00 bits per heavy atom. The van der Waals surface area contributed by atoms with Gasteiger partial charge in [-0.2, -0.15) is 8.75 Å². The molecule has 0 spiro atoms. The van der Waals surface area contributed by atoms with Gasteiger partial charge in [-0.15, -0.1) is 0 Å². The third kappa shape index (κ3) is 4.08. The number of para-hydroxylation sites is 2. The van der Waals surface area contributed by atoms with E-state index in [1.165, 1.54) is 16.8 Å². The molecule has 0 fully saturated rings. The number of fused-ring (bicyclic) bond motifs is 5. The van der Waals surface area contributed by atoms with Crippen molar-refractivity contribution in [3.8, 4) is 11.1 Å². The van der Waals surface area contributed by atoms with Crippen molar-refractivity contribution in [3.05, 3.63) is 155 Å². The molecule has 1 aliphatic carbocycles. The minimum absolute atomic E-state index is 0.160. The smallest absolute Gasteiger partial charge is 0.197 e. The van der Waals surface area contributed by atoms with Gasteiger partial charge in [0.05, 0.1) is 28.7 Å². The van der Waals surface area contributed by atoms with Crippen molar-refractivity contribution in [2.75, 3.05) is 4.90 Å². The predicted molar refractivity (Wildman–Crippen MR) is 190 cm³/mol. The number of allylic oxidation sites excluding steroid dienone is 1. The summed E-state index contributed by atoms with van der Waals surface area (Å²) in [6.07, 6.45) is 1.69. The molecular formula is C41H27N3O2S. The highest BCUT2D eigenvalue weighted by molar-refractivity contribution is 7.00. The van der Waals surface area contributed by atoms with Gasteiger partial charge < -0.3 is 4.90 Å². The summed E-state index contributed by atoms with van der Waals surface area (Å²) in [4.78, 5) is 29.3. The number of carbonyl (C=O) groups excluding carboxylic acids is 2. The summed E-state index contributed by atoms with van der Waals surface area (Å²) in [6, 6.07) is 41.1. The van der Waals surface area contributed by atoms with Gasteiger partial charge in [0.1, 0.15) is 11.0 Å². The van der Waals surface area contributed by atoms with E-state index in [1.807, 2.05) is 54.6 Å². The maximum absolute atomic E-state index is 13.5. The van der Waals surface area contributed by atoms with Crippen LogP contribution in [0, 0.1) is 0 Å². The molecule has 2 heterocycles. The zero-order valence-electron chi connectivity index (χ0n) is 25.7. The number of carbonyl (C=O) groups is 2. The van der Waals surface area contributed by atoms with Gasteiger partial charge >= 0.3 is 0 Å². The SMILES string of the molecule is CC1(C)c2ccccc2N(c2ccccc2)c2ccc(-c3ccc(C=C4C(=O)c5cc6ccccc6cc5C4=O)c4nsnc34)cc21. The van der Waals surface area contributed by atoms with Gasteiger partial charge in [-0.25, -0.2) is 0 Å². The molecule has 1 aromatic heterocycles. The van der Waals surface area contributed by atoms with Crippen LogP contribution in [0.15, 0.2) is 127 Å². The first-order valence-corrected chi connectivity index (χ1v) is 16.3. The highest BCUT2D eigenvalue weighted by Crippen LogP contribution is 2.52. The zero-order valence-corrected chi connectivity index (χ0v) is 26.5. The molecule has 7 aromatic rings. The molecule has 0 N–H and O–H groups in total. The Balaban J connectivity index is 1.15. The van der Waals surface area contributed by atoms with E-state index in [1.54, 1.807) is 6.08 Å². The Bertz CT molecular complexity index is 2440. The van der Waals surface area contributed by atoms with Crippen LogP contribution in [0.4, 0.5) is 17.1 Å². The molecule has 47 heavy (non-hydrogen) atoms. The van der Waals surface area contributed by atoms with E-state index >= 15 is 0 Å². The molecule has 6 heteroatoms. The first kappa shape index (κ1) is 27.6. The van der Waals surface area contributed by atoms with E-state index in [0.717, 1.165) is 50.5 Å². The minimum atomic E-state index is -0.253. The normalized spacial score (nSPS) is 14.8. The van der Waals surface area contributed by atoms with Gasteiger partial charge in [-0.3, -0.25) is 9.59 Å². The fourth-order valence-corrected chi connectivity index (χ4v) is 7.84. The maximum atomic E-state index is 13.5. The second kappa shape index (κ2) is 10.1. The summed E-state index contributed by atoms with van der Waals surface area (Å²) in [5.74, 6) is -0.507. The molecule has 6 aromatic carbocycles. The van der Waals surface area contributed by atoms with Crippen molar-refractivity contribution >= 4 is 68.2 Å². The highest BCUT2D eigenvalue weighted by Gasteiger charge is 2.37. The van der Waals surface area contributed by atoms with E-state index < -0.39 is 0 Å². The van der Waals surface area contributed by atoms with E-state index in [-0.39, 0.29) is 22.6 Å². The molecule has 0 unspecified atom stereocenters. The highest BCUT2D eigenvalue weighted by atomic mass is 32.1. The largest absolute Gasteiger partial charge is 0.310 e. The number of Topliss-reactive ketones (excluding diaryl/α,β-unsaturated/α-hetero) is 2. The van der Waals surface area contributed by atoms with E-state index in [4.69, 9.17) is 4.37 Å². The number of anilines is 3. The van der Waals surface area contributed by atoms with Crippen LogP contribution in [-0.4, -0.2) is 20.3 Å². The van der Waals surface area contributed by atoms with E-state index in [9.17, 15) is 9.59 Å². The lowest BCUT2D eigenvalue weighted by Gasteiger charge is -2.42. The number of nitrogens with zero attached hydrogens (tertiary/aromatic N) is 3. The van der Waals surface area contributed by atoms with E-state index in [0.29, 0.717) is 22.2 Å². The third-order valence-corrected chi connectivity index (χ3v) is 10.2. The monoisotopic (exact) mass is 625 g/mol. The molecule has 0 amide bonds. The topological polar surface area (TPSA) is 63.2 Å². The predicted octanol–water partition coefficient (Wildman–Crippen LogP) is 10.1. The van der Waals surface area contributed by atoms with Crippen LogP contribution >= 0.6 is 11.7 Å². The molecule has 9 rings (SSSR count). The molecule has 1 aliphatic heterocycles. The Morgan fingerprint density at radius 1 is 0.617 bits per heavy atom. The molecule has 0 atom stereocenters.